The van der Waals surface area contributed by atoms with Crippen LogP contribution in [0.25, 0.3) is 0 Å². The zero-order valence-corrected chi connectivity index (χ0v) is 11.2. The van der Waals surface area contributed by atoms with E-state index in [-0.39, 0.29) is 5.91 Å². The predicted molar refractivity (Wildman–Crippen MR) is 75.4 cm³/mol. The Morgan fingerprint density at radius 1 is 1.32 bits per heavy atom. The Morgan fingerprint density at radius 2 is 2.05 bits per heavy atom. The lowest BCUT2D eigenvalue weighted by Gasteiger charge is -2.12. The van der Waals surface area contributed by atoms with Crippen molar-refractivity contribution in [2.45, 2.75) is 6.42 Å². The van der Waals surface area contributed by atoms with E-state index in [2.05, 4.69) is 15.5 Å². The number of H-pyrrole nitrogens is 1. The zero-order valence-electron chi connectivity index (χ0n) is 11.2. The van der Waals surface area contributed by atoms with Crippen LogP contribution in [0.4, 0.5) is 5.69 Å². The molecule has 0 radical (unpaired) electrons. The largest absolute Gasteiger partial charge is 0.378 e. The molecule has 0 aliphatic heterocycles. The first-order chi connectivity index (χ1) is 9.16. The first-order valence-corrected chi connectivity index (χ1v) is 6.20. The number of amides is 1. The topological polar surface area (TPSA) is 61.0 Å². The Balaban J connectivity index is 1.85. The molecule has 2 rings (SSSR count). The molecule has 0 saturated heterocycles. The lowest BCUT2D eigenvalue weighted by atomic mass is 10.2. The molecule has 2 aromatic rings. The molecule has 0 saturated carbocycles. The maximum Gasteiger partial charge on any atom is 0.251 e. The van der Waals surface area contributed by atoms with Gasteiger partial charge in [0.2, 0.25) is 0 Å². The van der Waals surface area contributed by atoms with E-state index in [9.17, 15) is 4.79 Å². The molecular weight excluding hydrogens is 240 g/mol. The minimum absolute atomic E-state index is 0.0474. The van der Waals surface area contributed by atoms with Gasteiger partial charge in [0.25, 0.3) is 5.91 Å². The van der Waals surface area contributed by atoms with Gasteiger partial charge in [-0.2, -0.15) is 5.10 Å². The second-order valence-corrected chi connectivity index (χ2v) is 4.55. The minimum Gasteiger partial charge on any atom is -0.378 e. The van der Waals surface area contributed by atoms with Crippen LogP contribution in [0.2, 0.25) is 0 Å². The van der Waals surface area contributed by atoms with Crippen molar-refractivity contribution in [3.63, 3.8) is 0 Å². The molecule has 5 nitrogen and oxygen atoms in total. The summed E-state index contributed by atoms with van der Waals surface area (Å²) in [6.45, 7) is 0.605. The van der Waals surface area contributed by atoms with Crippen molar-refractivity contribution in [2.24, 2.45) is 0 Å². The van der Waals surface area contributed by atoms with Gasteiger partial charge in [-0.05, 0) is 36.2 Å². The molecule has 0 spiro atoms. The molecule has 1 heterocycles. The lowest BCUT2D eigenvalue weighted by Crippen LogP contribution is -2.25. The molecule has 1 aromatic heterocycles. The summed E-state index contributed by atoms with van der Waals surface area (Å²) in [7, 11) is 3.94. The van der Waals surface area contributed by atoms with Crippen LogP contribution in [0.5, 0.6) is 0 Å². The summed E-state index contributed by atoms with van der Waals surface area (Å²) < 4.78 is 0. The van der Waals surface area contributed by atoms with Crippen LogP contribution in [0.1, 0.15) is 15.9 Å². The van der Waals surface area contributed by atoms with Crippen LogP contribution in [0.3, 0.4) is 0 Å². The average Bonchev–Trinajstić information content (AvgIpc) is 2.92. The van der Waals surface area contributed by atoms with Crippen molar-refractivity contribution < 1.29 is 4.79 Å². The summed E-state index contributed by atoms with van der Waals surface area (Å²) in [6.07, 6.45) is 4.37. The first-order valence-electron chi connectivity index (χ1n) is 6.20. The number of hydrogen-bond donors (Lipinski definition) is 2. The van der Waals surface area contributed by atoms with Crippen molar-refractivity contribution in [1.29, 1.82) is 0 Å². The van der Waals surface area contributed by atoms with Crippen molar-refractivity contribution >= 4 is 11.6 Å². The van der Waals surface area contributed by atoms with Crippen molar-refractivity contribution in [3.8, 4) is 0 Å². The molecule has 0 bridgehead atoms. The van der Waals surface area contributed by atoms with Gasteiger partial charge in [-0.1, -0.05) is 0 Å². The number of aromatic nitrogens is 2. The Bertz CT molecular complexity index is 517. The molecule has 1 amide bonds. The van der Waals surface area contributed by atoms with Gasteiger partial charge in [-0.15, -0.1) is 0 Å². The van der Waals surface area contributed by atoms with Crippen LogP contribution in [-0.2, 0) is 6.42 Å². The SMILES string of the molecule is CN(C)c1ccc(C(=O)NCCc2cn[nH]c2)cc1. The highest BCUT2D eigenvalue weighted by Crippen LogP contribution is 2.12. The number of rotatable bonds is 5. The first kappa shape index (κ1) is 13.1. The Hall–Kier alpha value is -2.30. The highest BCUT2D eigenvalue weighted by atomic mass is 16.1. The molecule has 2 N–H and O–H groups in total. The van der Waals surface area contributed by atoms with Crippen LogP contribution >= 0.6 is 0 Å². The molecule has 100 valence electrons. The van der Waals surface area contributed by atoms with E-state index in [1.165, 1.54) is 0 Å². The molecule has 0 atom stereocenters. The van der Waals surface area contributed by atoms with Gasteiger partial charge in [0.15, 0.2) is 0 Å². The van der Waals surface area contributed by atoms with E-state index in [1.54, 1.807) is 6.20 Å². The molecular formula is C14H18N4O. The summed E-state index contributed by atoms with van der Waals surface area (Å²) in [5.74, 6) is -0.0474. The second kappa shape index (κ2) is 6.04. The van der Waals surface area contributed by atoms with Gasteiger partial charge < -0.3 is 10.2 Å². The van der Waals surface area contributed by atoms with Crippen LogP contribution in [-0.4, -0.2) is 36.7 Å². The second-order valence-electron chi connectivity index (χ2n) is 4.55. The van der Waals surface area contributed by atoms with Gasteiger partial charge in [0.1, 0.15) is 0 Å². The molecule has 19 heavy (non-hydrogen) atoms. The third-order valence-corrected chi connectivity index (χ3v) is 2.90. The van der Waals surface area contributed by atoms with Crippen molar-refractivity contribution in [2.75, 3.05) is 25.5 Å². The molecule has 1 aromatic carbocycles. The van der Waals surface area contributed by atoms with E-state index < -0.39 is 0 Å². The Morgan fingerprint density at radius 3 is 2.63 bits per heavy atom. The third kappa shape index (κ3) is 3.58. The standard InChI is InChI=1S/C14H18N4O/c1-18(2)13-5-3-12(4-6-13)14(19)15-8-7-11-9-16-17-10-11/h3-6,9-10H,7-8H2,1-2H3,(H,15,19)(H,16,17). The van der Waals surface area contributed by atoms with E-state index in [4.69, 9.17) is 0 Å². The van der Waals surface area contributed by atoms with Crippen LogP contribution in [0.15, 0.2) is 36.7 Å². The summed E-state index contributed by atoms with van der Waals surface area (Å²) in [5, 5.41) is 9.50. The monoisotopic (exact) mass is 258 g/mol. The Kier molecular flexibility index (Phi) is 4.18. The number of carbonyl (C=O) groups excluding carboxylic acids is 1. The summed E-state index contributed by atoms with van der Waals surface area (Å²) in [5.41, 5.74) is 2.84. The molecule has 0 fully saturated rings. The van der Waals surface area contributed by atoms with Gasteiger partial charge in [-0.3, -0.25) is 9.89 Å². The summed E-state index contributed by atoms with van der Waals surface area (Å²) >= 11 is 0. The van der Waals surface area contributed by atoms with Gasteiger partial charge >= 0.3 is 0 Å². The van der Waals surface area contributed by atoms with Crippen molar-refractivity contribution in [1.82, 2.24) is 15.5 Å². The van der Waals surface area contributed by atoms with E-state index in [1.807, 2.05) is 49.5 Å². The number of nitrogens with one attached hydrogen (secondary N) is 2. The lowest BCUT2D eigenvalue weighted by molar-refractivity contribution is 0.0954. The summed E-state index contributed by atoms with van der Waals surface area (Å²) in [6, 6.07) is 7.54. The maximum atomic E-state index is 11.9. The minimum atomic E-state index is -0.0474. The number of nitrogens with zero attached hydrogens (tertiary/aromatic N) is 2. The smallest absolute Gasteiger partial charge is 0.251 e. The van der Waals surface area contributed by atoms with E-state index in [0.29, 0.717) is 12.1 Å². The van der Waals surface area contributed by atoms with Gasteiger partial charge in [0, 0.05) is 38.1 Å². The predicted octanol–water partition coefficient (Wildman–Crippen LogP) is 1.45. The maximum absolute atomic E-state index is 11.9. The van der Waals surface area contributed by atoms with E-state index in [0.717, 1.165) is 17.7 Å². The van der Waals surface area contributed by atoms with Crippen LogP contribution < -0.4 is 10.2 Å². The Labute approximate surface area is 112 Å². The molecule has 0 unspecified atom stereocenters. The van der Waals surface area contributed by atoms with Crippen LogP contribution in [0, 0.1) is 0 Å². The number of hydrogen-bond acceptors (Lipinski definition) is 3. The fraction of sp³-hybridized carbons (Fsp3) is 0.286. The highest BCUT2D eigenvalue weighted by molar-refractivity contribution is 5.94. The number of benzene rings is 1. The highest BCUT2D eigenvalue weighted by Gasteiger charge is 2.05. The fourth-order valence-corrected chi connectivity index (χ4v) is 1.75. The fourth-order valence-electron chi connectivity index (χ4n) is 1.75. The van der Waals surface area contributed by atoms with Gasteiger partial charge in [-0.25, -0.2) is 0 Å². The normalized spacial score (nSPS) is 10.2. The molecule has 0 aliphatic carbocycles. The summed E-state index contributed by atoms with van der Waals surface area (Å²) in [4.78, 5) is 13.9. The number of carbonyl (C=O) groups is 1. The molecule has 5 heteroatoms. The van der Waals surface area contributed by atoms with E-state index >= 15 is 0 Å². The average molecular weight is 258 g/mol. The van der Waals surface area contributed by atoms with Crippen molar-refractivity contribution in [3.05, 3.63) is 47.8 Å². The number of aromatic amines is 1. The quantitative estimate of drug-likeness (QED) is 0.853. The zero-order chi connectivity index (χ0) is 13.7. The molecule has 0 aliphatic rings. The van der Waals surface area contributed by atoms with Gasteiger partial charge in [0.05, 0.1) is 6.20 Å². The third-order valence-electron chi connectivity index (χ3n) is 2.90. The number of anilines is 1.